The molecule has 0 saturated carbocycles. The first kappa shape index (κ1) is 14.8. The van der Waals surface area contributed by atoms with Crippen LogP contribution >= 0.6 is 11.3 Å². The van der Waals surface area contributed by atoms with E-state index in [9.17, 15) is 0 Å². The largest absolute Gasteiger partial charge is 0.351 e. The lowest BCUT2D eigenvalue weighted by Gasteiger charge is -2.20. The molecule has 1 atom stereocenters. The summed E-state index contributed by atoms with van der Waals surface area (Å²) in [5, 5.41) is 4.55. The summed E-state index contributed by atoms with van der Waals surface area (Å²) in [4.78, 5) is 10.8. The number of likely N-dealkylation sites (tertiary alicyclic amines) is 1. The number of aryl methyl sites for hydroxylation is 1. The molecule has 1 unspecified atom stereocenters. The summed E-state index contributed by atoms with van der Waals surface area (Å²) in [6.45, 7) is 9.79. The molecule has 19 heavy (non-hydrogen) atoms. The maximum atomic E-state index is 4.72. The van der Waals surface area contributed by atoms with E-state index in [2.05, 4.69) is 43.1 Å². The Hall–Kier alpha value is -0.650. The molecule has 4 nitrogen and oxygen atoms in total. The molecule has 5 heteroatoms. The van der Waals surface area contributed by atoms with Crippen LogP contribution in [0.15, 0.2) is 0 Å². The first-order valence-corrected chi connectivity index (χ1v) is 7.98. The zero-order valence-corrected chi connectivity index (χ0v) is 13.4. The summed E-state index contributed by atoms with van der Waals surface area (Å²) in [5.41, 5.74) is 1.18. The number of nitrogens with one attached hydrogen (secondary N) is 1. The van der Waals surface area contributed by atoms with Crippen LogP contribution < -0.4 is 10.2 Å². The Morgan fingerprint density at radius 3 is 2.95 bits per heavy atom. The van der Waals surface area contributed by atoms with Gasteiger partial charge in [-0.1, -0.05) is 6.92 Å². The van der Waals surface area contributed by atoms with Crippen molar-refractivity contribution in [2.45, 2.75) is 26.8 Å². The molecule has 1 aromatic heterocycles. The van der Waals surface area contributed by atoms with Crippen LogP contribution in [0.1, 0.15) is 23.9 Å². The quantitative estimate of drug-likeness (QED) is 0.864. The third-order valence-electron chi connectivity index (χ3n) is 3.76. The van der Waals surface area contributed by atoms with Crippen molar-refractivity contribution in [3.8, 4) is 0 Å². The van der Waals surface area contributed by atoms with Crippen molar-refractivity contribution >= 4 is 16.5 Å². The molecule has 0 spiro atoms. The second-order valence-electron chi connectivity index (χ2n) is 5.58. The Balaban J connectivity index is 1.93. The Morgan fingerprint density at radius 1 is 1.53 bits per heavy atom. The van der Waals surface area contributed by atoms with Gasteiger partial charge in [0, 0.05) is 31.6 Å². The molecule has 1 fully saturated rings. The highest BCUT2D eigenvalue weighted by Gasteiger charge is 2.22. The van der Waals surface area contributed by atoms with Gasteiger partial charge in [-0.05, 0) is 39.4 Å². The van der Waals surface area contributed by atoms with Crippen molar-refractivity contribution in [3.05, 3.63) is 10.6 Å². The maximum Gasteiger partial charge on any atom is 0.185 e. The summed E-state index contributed by atoms with van der Waals surface area (Å²) >= 11 is 1.83. The van der Waals surface area contributed by atoms with Crippen molar-refractivity contribution in [1.29, 1.82) is 0 Å². The van der Waals surface area contributed by atoms with Crippen molar-refractivity contribution in [1.82, 2.24) is 15.2 Å². The molecular weight excluding hydrogens is 256 g/mol. The molecule has 2 rings (SSSR count). The van der Waals surface area contributed by atoms with Gasteiger partial charge in [0.05, 0.1) is 5.69 Å². The number of aromatic nitrogens is 1. The average Bonchev–Trinajstić information content (AvgIpc) is 2.93. The maximum absolute atomic E-state index is 4.72. The molecule has 1 saturated heterocycles. The minimum absolute atomic E-state index is 0.788. The third-order valence-corrected chi connectivity index (χ3v) is 5.04. The number of thiazole rings is 1. The van der Waals surface area contributed by atoms with Crippen molar-refractivity contribution < 1.29 is 0 Å². The lowest BCUT2D eigenvalue weighted by Crippen LogP contribution is -2.27. The summed E-state index contributed by atoms with van der Waals surface area (Å²) in [6.07, 6.45) is 1.31. The lowest BCUT2D eigenvalue weighted by molar-refractivity contribution is 0.396. The minimum atomic E-state index is 0.788. The zero-order valence-electron chi connectivity index (χ0n) is 12.6. The van der Waals surface area contributed by atoms with E-state index in [1.165, 1.54) is 35.2 Å². The van der Waals surface area contributed by atoms with Crippen molar-refractivity contribution in [2.75, 3.05) is 45.2 Å². The second kappa shape index (κ2) is 6.68. The molecule has 0 aliphatic carbocycles. The molecule has 1 N–H and O–H groups in total. The van der Waals surface area contributed by atoms with E-state index in [0.29, 0.717) is 0 Å². The van der Waals surface area contributed by atoms with Crippen LogP contribution in [0.2, 0.25) is 0 Å². The van der Waals surface area contributed by atoms with E-state index >= 15 is 0 Å². The summed E-state index contributed by atoms with van der Waals surface area (Å²) in [7, 11) is 4.38. The SMILES string of the molecule is CCNCc1sc(N(C)CC2CCN(C)C2)nc1C. The highest BCUT2D eigenvalue weighted by atomic mass is 32.1. The molecule has 2 heterocycles. The Bertz CT molecular complexity index is 404. The fourth-order valence-electron chi connectivity index (χ4n) is 2.62. The number of nitrogens with zero attached hydrogens (tertiary/aromatic N) is 3. The molecule has 108 valence electrons. The van der Waals surface area contributed by atoms with Gasteiger partial charge in [0.25, 0.3) is 0 Å². The number of hydrogen-bond donors (Lipinski definition) is 1. The van der Waals surface area contributed by atoms with E-state index in [-0.39, 0.29) is 0 Å². The second-order valence-corrected chi connectivity index (χ2v) is 6.64. The Labute approximate surface area is 120 Å². The highest BCUT2D eigenvalue weighted by molar-refractivity contribution is 7.15. The van der Waals surface area contributed by atoms with E-state index in [1.807, 2.05) is 11.3 Å². The minimum Gasteiger partial charge on any atom is -0.351 e. The van der Waals surface area contributed by atoms with Crippen LogP contribution in [0.25, 0.3) is 0 Å². The molecule has 1 aromatic rings. The predicted molar refractivity (Wildman–Crippen MR) is 83.1 cm³/mol. The van der Waals surface area contributed by atoms with Gasteiger partial charge in [-0.3, -0.25) is 0 Å². The van der Waals surface area contributed by atoms with Crippen molar-refractivity contribution in [2.24, 2.45) is 5.92 Å². The van der Waals surface area contributed by atoms with E-state index in [1.54, 1.807) is 0 Å². The number of anilines is 1. The normalized spacial score (nSPS) is 20.1. The standard InChI is InChI=1S/C14H26N4S/c1-5-15-8-13-11(2)16-14(19-13)18(4)10-12-6-7-17(3)9-12/h12,15H,5-10H2,1-4H3. The van der Waals surface area contributed by atoms with E-state index in [0.717, 1.165) is 25.6 Å². The third kappa shape index (κ3) is 3.91. The Morgan fingerprint density at radius 2 is 2.32 bits per heavy atom. The van der Waals surface area contributed by atoms with Gasteiger partial charge < -0.3 is 15.1 Å². The average molecular weight is 282 g/mol. The van der Waals surface area contributed by atoms with Gasteiger partial charge in [-0.2, -0.15) is 0 Å². The molecule has 0 radical (unpaired) electrons. The zero-order chi connectivity index (χ0) is 13.8. The van der Waals surface area contributed by atoms with Gasteiger partial charge in [0.1, 0.15) is 0 Å². The van der Waals surface area contributed by atoms with Crippen molar-refractivity contribution in [3.63, 3.8) is 0 Å². The summed E-state index contributed by atoms with van der Waals surface area (Å²) < 4.78 is 0. The first-order valence-electron chi connectivity index (χ1n) is 7.16. The van der Waals surface area contributed by atoms with Crippen LogP contribution in [0.4, 0.5) is 5.13 Å². The molecule has 1 aliphatic heterocycles. The van der Waals surface area contributed by atoms with Gasteiger partial charge >= 0.3 is 0 Å². The lowest BCUT2D eigenvalue weighted by atomic mass is 10.1. The topological polar surface area (TPSA) is 31.4 Å². The van der Waals surface area contributed by atoms with E-state index in [4.69, 9.17) is 4.98 Å². The summed E-state index contributed by atoms with van der Waals surface area (Å²) in [6, 6.07) is 0. The molecule has 1 aliphatic rings. The number of rotatable bonds is 6. The van der Waals surface area contributed by atoms with Crippen LogP contribution in [-0.2, 0) is 6.54 Å². The molecule has 0 amide bonds. The van der Waals surface area contributed by atoms with Crippen LogP contribution in [-0.4, -0.2) is 50.2 Å². The number of hydrogen-bond acceptors (Lipinski definition) is 5. The van der Waals surface area contributed by atoms with Crippen LogP contribution in [0.3, 0.4) is 0 Å². The smallest absolute Gasteiger partial charge is 0.185 e. The van der Waals surface area contributed by atoms with Gasteiger partial charge in [-0.15, -0.1) is 11.3 Å². The van der Waals surface area contributed by atoms with Crippen LogP contribution in [0.5, 0.6) is 0 Å². The summed E-state index contributed by atoms with van der Waals surface area (Å²) in [5.74, 6) is 0.788. The fourth-order valence-corrected chi connectivity index (χ4v) is 3.62. The Kier molecular flexibility index (Phi) is 5.19. The molecular formula is C14H26N4S. The molecule has 0 aromatic carbocycles. The highest BCUT2D eigenvalue weighted by Crippen LogP contribution is 2.27. The van der Waals surface area contributed by atoms with Gasteiger partial charge in [0.15, 0.2) is 5.13 Å². The predicted octanol–water partition coefficient (Wildman–Crippen LogP) is 1.95. The van der Waals surface area contributed by atoms with E-state index < -0.39 is 0 Å². The van der Waals surface area contributed by atoms with Gasteiger partial charge in [0.2, 0.25) is 0 Å². The van der Waals surface area contributed by atoms with Crippen LogP contribution in [0, 0.1) is 12.8 Å². The fraction of sp³-hybridized carbons (Fsp3) is 0.786. The first-order chi connectivity index (χ1) is 9.10. The van der Waals surface area contributed by atoms with Gasteiger partial charge in [-0.25, -0.2) is 4.98 Å². The monoisotopic (exact) mass is 282 g/mol. The molecule has 0 bridgehead atoms.